The minimum Gasteiger partial charge on any atom is -0.495 e. The van der Waals surface area contributed by atoms with Crippen LogP contribution in [0.5, 0.6) is 5.75 Å². The summed E-state index contributed by atoms with van der Waals surface area (Å²) in [6.07, 6.45) is 4.37. The Bertz CT molecular complexity index is 623. The third-order valence-corrected chi connectivity index (χ3v) is 5.90. The lowest BCUT2D eigenvalue weighted by Crippen LogP contribution is -2.44. The smallest absolute Gasteiger partial charge is 0.244 e. The highest BCUT2D eigenvalue weighted by molar-refractivity contribution is 7.89. The van der Waals surface area contributed by atoms with Crippen LogP contribution >= 0.6 is 0 Å². The monoisotopic (exact) mass is 326 g/mol. The van der Waals surface area contributed by atoms with E-state index in [1.807, 2.05) is 19.9 Å². The minimum absolute atomic E-state index is 0.198. The normalized spacial score (nSPS) is 17.6. The number of nitrogens with two attached hydrogens (primary N) is 1. The van der Waals surface area contributed by atoms with Gasteiger partial charge in [0.05, 0.1) is 7.11 Å². The lowest BCUT2D eigenvalue weighted by atomic mass is 9.99. The van der Waals surface area contributed by atoms with Crippen LogP contribution in [-0.2, 0) is 10.0 Å². The van der Waals surface area contributed by atoms with Gasteiger partial charge in [0.25, 0.3) is 0 Å². The van der Waals surface area contributed by atoms with Crippen molar-refractivity contribution in [1.29, 1.82) is 0 Å². The van der Waals surface area contributed by atoms with Crippen molar-refractivity contribution < 1.29 is 13.2 Å². The number of hydrogen-bond donors (Lipinski definition) is 2. The van der Waals surface area contributed by atoms with E-state index >= 15 is 0 Å². The van der Waals surface area contributed by atoms with Crippen molar-refractivity contribution in [2.45, 2.75) is 50.5 Å². The molecule has 0 aliphatic heterocycles. The van der Waals surface area contributed by atoms with Gasteiger partial charge in [0.15, 0.2) is 0 Å². The first-order chi connectivity index (χ1) is 10.4. The van der Waals surface area contributed by atoms with Crippen molar-refractivity contribution in [3.63, 3.8) is 0 Å². The molecule has 124 valence electrons. The summed E-state index contributed by atoms with van der Waals surface area (Å²) in [5, 5.41) is 0. The van der Waals surface area contributed by atoms with E-state index in [4.69, 9.17) is 10.5 Å². The maximum atomic E-state index is 12.8. The fourth-order valence-electron chi connectivity index (χ4n) is 3.34. The number of methoxy groups -OCH3 is 1. The summed E-state index contributed by atoms with van der Waals surface area (Å²) in [6.45, 7) is 4.04. The molecule has 0 amide bonds. The maximum absolute atomic E-state index is 12.8. The van der Waals surface area contributed by atoms with Gasteiger partial charge in [0, 0.05) is 12.6 Å². The molecule has 2 rings (SSSR count). The third-order valence-electron chi connectivity index (χ3n) is 4.41. The quantitative estimate of drug-likeness (QED) is 0.839. The zero-order valence-electron chi connectivity index (χ0n) is 13.6. The molecule has 0 aromatic heterocycles. The van der Waals surface area contributed by atoms with Gasteiger partial charge in [0.2, 0.25) is 10.0 Å². The summed E-state index contributed by atoms with van der Waals surface area (Å²) >= 11 is 0. The summed E-state index contributed by atoms with van der Waals surface area (Å²) in [5.74, 6) is 0.733. The zero-order valence-corrected chi connectivity index (χ0v) is 14.4. The number of ether oxygens (including phenoxy) is 1. The molecule has 1 aromatic rings. The van der Waals surface area contributed by atoms with E-state index in [1.165, 1.54) is 7.11 Å². The van der Waals surface area contributed by atoms with Crippen LogP contribution in [0.15, 0.2) is 17.0 Å². The van der Waals surface area contributed by atoms with Gasteiger partial charge in [-0.1, -0.05) is 18.9 Å². The molecule has 1 fully saturated rings. The van der Waals surface area contributed by atoms with Gasteiger partial charge in [-0.2, -0.15) is 0 Å². The SMILES string of the molecule is COc1c(C)cc(C)cc1S(=O)(=O)NC(CN)C1CCCC1. The highest BCUT2D eigenvalue weighted by Gasteiger charge is 2.30. The summed E-state index contributed by atoms with van der Waals surface area (Å²) < 4.78 is 33.7. The van der Waals surface area contributed by atoms with Crippen LogP contribution in [0.3, 0.4) is 0 Å². The van der Waals surface area contributed by atoms with E-state index in [0.717, 1.165) is 36.8 Å². The van der Waals surface area contributed by atoms with Crippen molar-refractivity contribution >= 4 is 10.0 Å². The van der Waals surface area contributed by atoms with E-state index in [0.29, 0.717) is 18.2 Å². The van der Waals surface area contributed by atoms with Crippen molar-refractivity contribution in [1.82, 2.24) is 4.72 Å². The second kappa shape index (κ2) is 6.98. The van der Waals surface area contributed by atoms with Crippen LogP contribution in [0.1, 0.15) is 36.8 Å². The lowest BCUT2D eigenvalue weighted by Gasteiger charge is -2.24. The predicted octanol–water partition coefficient (Wildman–Crippen LogP) is 2.11. The predicted molar refractivity (Wildman–Crippen MR) is 87.6 cm³/mol. The second-order valence-corrected chi connectivity index (χ2v) is 7.80. The van der Waals surface area contributed by atoms with Gasteiger partial charge in [-0.15, -0.1) is 0 Å². The van der Waals surface area contributed by atoms with Crippen LogP contribution in [0.2, 0.25) is 0 Å². The Labute approximate surface area is 133 Å². The zero-order chi connectivity index (χ0) is 16.3. The Hall–Kier alpha value is -1.11. The van der Waals surface area contributed by atoms with Crippen LogP contribution in [0.4, 0.5) is 0 Å². The van der Waals surface area contributed by atoms with E-state index in [-0.39, 0.29) is 10.9 Å². The van der Waals surface area contributed by atoms with Crippen LogP contribution in [0.25, 0.3) is 0 Å². The highest BCUT2D eigenvalue weighted by Crippen LogP contribution is 2.31. The van der Waals surface area contributed by atoms with Gasteiger partial charge in [0.1, 0.15) is 10.6 Å². The first kappa shape index (κ1) is 17.2. The molecule has 0 saturated heterocycles. The van der Waals surface area contributed by atoms with Gasteiger partial charge >= 0.3 is 0 Å². The first-order valence-corrected chi connectivity index (χ1v) is 9.25. The number of aryl methyl sites for hydroxylation is 2. The molecule has 5 nitrogen and oxygen atoms in total. The summed E-state index contributed by atoms with van der Waals surface area (Å²) in [6, 6.07) is 3.35. The summed E-state index contributed by atoms with van der Waals surface area (Å²) in [5.41, 5.74) is 7.52. The lowest BCUT2D eigenvalue weighted by molar-refractivity contribution is 0.392. The molecule has 1 aliphatic rings. The molecule has 6 heteroatoms. The number of sulfonamides is 1. The summed E-state index contributed by atoms with van der Waals surface area (Å²) in [4.78, 5) is 0.198. The molecule has 3 N–H and O–H groups in total. The van der Waals surface area contributed by atoms with Crippen LogP contribution in [-0.4, -0.2) is 28.1 Å². The average molecular weight is 326 g/mol. The molecule has 1 aromatic carbocycles. The Morgan fingerprint density at radius 1 is 1.32 bits per heavy atom. The minimum atomic E-state index is -3.65. The molecule has 22 heavy (non-hydrogen) atoms. The third kappa shape index (κ3) is 3.62. The molecule has 0 heterocycles. The number of rotatable bonds is 6. The molecule has 1 unspecified atom stereocenters. The van der Waals surface area contributed by atoms with Crippen LogP contribution < -0.4 is 15.2 Å². The maximum Gasteiger partial charge on any atom is 0.244 e. The highest BCUT2D eigenvalue weighted by atomic mass is 32.2. The van der Waals surface area contributed by atoms with E-state index in [2.05, 4.69) is 4.72 Å². The van der Waals surface area contributed by atoms with E-state index in [1.54, 1.807) is 6.07 Å². The van der Waals surface area contributed by atoms with Crippen molar-refractivity contribution in [2.24, 2.45) is 11.7 Å². The molecular weight excluding hydrogens is 300 g/mol. The fraction of sp³-hybridized carbons (Fsp3) is 0.625. The Morgan fingerprint density at radius 3 is 2.50 bits per heavy atom. The topological polar surface area (TPSA) is 81.4 Å². The average Bonchev–Trinajstić information content (AvgIpc) is 2.98. The molecule has 1 aliphatic carbocycles. The van der Waals surface area contributed by atoms with E-state index in [9.17, 15) is 8.42 Å². The Kier molecular flexibility index (Phi) is 5.47. The van der Waals surface area contributed by atoms with Gasteiger partial charge < -0.3 is 10.5 Å². The standard InChI is InChI=1S/C16H26N2O3S/c1-11-8-12(2)16(21-3)15(9-11)22(19,20)18-14(10-17)13-6-4-5-7-13/h8-9,13-14,18H,4-7,10,17H2,1-3H3. The van der Waals surface area contributed by atoms with Gasteiger partial charge in [-0.3, -0.25) is 0 Å². The fourth-order valence-corrected chi connectivity index (χ4v) is 4.98. The molecule has 0 radical (unpaired) electrons. The first-order valence-electron chi connectivity index (χ1n) is 7.76. The van der Waals surface area contributed by atoms with Gasteiger partial charge in [-0.05, 0) is 49.8 Å². The largest absolute Gasteiger partial charge is 0.495 e. The molecule has 1 atom stereocenters. The Morgan fingerprint density at radius 2 is 1.95 bits per heavy atom. The van der Waals surface area contributed by atoms with Crippen molar-refractivity contribution in [3.05, 3.63) is 23.3 Å². The van der Waals surface area contributed by atoms with E-state index < -0.39 is 10.0 Å². The molecule has 0 bridgehead atoms. The second-order valence-electron chi connectivity index (χ2n) is 6.12. The number of nitrogens with one attached hydrogen (secondary N) is 1. The summed E-state index contributed by atoms with van der Waals surface area (Å²) in [7, 11) is -2.16. The van der Waals surface area contributed by atoms with Crippen molar-refractivity contribution in [3.8, 4) is 5.75 Å². The molecule has 0 spiro atoms. The number of hydrogen-bond acceptors (Lipinski definition) is 4. The van der Waals surface area contributed by atoms with Gasteiger partial charge in [-0.25, -0.2) is 13.1 Å². The Balaban J connectivity index is 2.33. The van der Waals surface area contributed by atoms with Crippen LogP contribution in [0, 0.1) is 19.8 Å². The number of benzene rings is 1. The molecule has 1 saturated carbocycles. The van der Waals surface area contributed by atoms with Crippen molar-refractivity contribution in [2.75, 3.05) is 13.7 Å². The molecular formula is C16H26N2O3S.